The molecule has 21 heavy (non-hydrogen) atoms. The van der Waals surface area contributed by atoms with Gasteiger partial charge < -0.3 is 15.3 Å². The molecule has 0 aliphatic rings. The van der Waals surface area contributed by atoms with Crippen LogP contribution in [0.3, 0.4) is 0 Å². The molecule has 1 aromatic heterocycles. The van der Waals surface area contributed by atoms with Crippen LogP contribution < -0.4 is 5.32 Å². The second-order valence-corrected chi connectivity index (χ2v) is 5.04. The molecular weight excluding hydrogens is 274 g/mol. The second kappa shape index (κ2) is 8.93. The smallest absolute Gasteiger partial charge is 0.317 e. The molecule has 0 saturated carbocycles. The molecule has 118 valence electrons. The van der Waals surface area contributed by atoms with Gasteiger partial charge in [0.1, 0.15) is 0 Å². The number of hydrogen-bond acceptors (Lipinski definition) is 4. The summed E-state index contributed by atoms with van der Waals surface area (Å²) in [5.74, 6) is -0.841. The van der Waals surface area contributed by atoms with Crippen molar-refractivity contribution in [3.05, 3.63) is 12.4 Å². The second-order valence-electron chi connectivity index (χ2n) is 5.04. The number of nitrogens with zero attached hydrogens (tertiary/aromatic N) is 4. The van der Waals surface area contributed by atoms with Crippen LogP contribution >= 0.6 is 0 Å². The van der Waals surface area contributed by atoms with Gasteiger partial charge in [0, 0.05) is 38.3 Å². The number of carbonyl (C=O) groups excluding carboxylic acids is 1. The van der Waals surface area contributed by atoms with Crippen molar-refractivity contribution in [3.8, 4) is 0 Å². The zero-order valence-electron chi connectivity index (χ0n) is 12.5. The van der Waals surface area contributed by atoms with Crippen LogP contribution in [0.15, 0.2) is 12.4 Å². The SMILES string of the molecule is CC(C)N(CCCC(=O)O)C(=O)NCCCn1ccnn1. The van der Waals surface area contributed by atoms with Gasteiger partial charge in [-0.1, -0.05) is 5.21 Å². The quantitative estimate of drug-likeness (QED) is 0.661. The van der Waals surface area contributed by atoms with Gasteiger partial charge in [0.15, 0.2) is 0 Å². The van der Waals surface area contributed by atoms with E-state index >= 15 is 0 Å². The van der Waals surface area contributed by atoms with Gasteiger partial charge in [-0.15, -0.1) is 5.10 Å². The Kier molecular flexibility index (Phi) is 7.20. The van der Waals surface area contributed by atoms with Crippen molar-refractivity contribution in [3.63, 3.8) is 0 Å². The molecule has 0 aromatic carbocycles. The van der Waals surface area contributed by atoms with E-state index in [-0.39, 0.29) is 18.5 Å². The molecule has 1 heterocycles. The average molecular weight is 297 g/mol. The molecule has 0 spiro atoms. The summed E-state index contributed by atoms with van der Waals surface area (Å²) >= 11 is 0. The van der Waals surface area contributed by atoms with Gasteiger partial charge in [0.05, 0.1) is 6.20 Å². The Balaban J connectivity index is 2.26. The van der Waals surface area contributed by atoms with Gasteiger partial charge in [0.2, 0.25) is 0 Å². The number of aromatic nitrogens is 3. The van der Waals surface area contributed by atoms with Crippen molar-refractivity contribution in [1.29, 1.82) is 0 Å². The molecule has 0 fully saturated rings. The predicted molar refractivity (Wildman–Crippen MR) is 76.7 cm³/mol. The first-order chi connectivity index (χ1) is 10.0. The zero-order valence-corrected chi connectivity index (χ0v) is 12.5. The van der Waals surface area contributed by atoms with Crippen molar-refractivity contribution in [1.82, 2.24) is 25.2 Å². The summed E-state index contributed by atoms with van der Waals surface area (Å²) in [5, 5.41) is 19.0. The molecule has 1 rings (SSSR count). The van der Waals surface area contributed by atoms with Crippen LogP contribution in [0, 0.1) is 0 Å². The highest BCUT2D eigenvalue weighted by Crippen LogP contribution is 2.02. The van der Waals surface area contributed by atoms with Crippen LogP contribution in [0.2, 0.25) is 0 Å². The topological polar surface area (TPSA) is 100 Å². The molecule has 2 N–H and O–H groups in total. The van der Waals surface area contributed by atoms with Crippen molar-refractivity contribution in [2.75, 3.05) is 13.1 Å². The number of aliphatic carboxylic acids is 1. The van der Waals surface area contributed by atoms with E-state index in [2.05, 4.69) is 15.6 Å². The normalized spacial score (nSPS) is 10.6. The number of urea groups is 1. The van der Waals surface area contributed by atoms with E-state index in [0.29, 0.717) is 26.1 Å². The van der Waals surface area contributed by atoms with E-state index in [0.717, 1.165) is 6.42 Å². The average Bonchev–Trinajstić information content (AvgIpc) is 2.92. The third-order valence-electron chi connectivity index (χ3n) is 2.99. The Labute approximate surface area is 124 Å². The minimum atomic E-state index is -0.841. The van der Waals surface area contributed by atoms with E-state index < -0.39 is 5.97 Å². The molecule has 0 radical (unpaired) electrons. The van der Waals surface area contributed by atoms with E-state index in [1.165, 1.54) is 0 Å². The summed E-state index contributed by atoms with van der Waals surface area (Å²) < 4.78 is 1.71. The van der Waals surface area contributed by atoms with Crippen LogP contribution in [0.5, 0.6) is 0 Å². The summed E-state index contributed by atoms with van der Waals surface area (Å²) in [7, 11) is 0. The maximum atomic E-state index is 12.1. The Morgan fingerprint density at radius 1 is 1.38 bits per heavy atom. The lowest BCUT2D eigenvalue weighted by Crippen LogP contribution is -2.45. The van der Waals surface area contributed by atoms with Crippen LogP contribution in [-0.2, 0) is 11.3 Å². The van der Waals surface area contributed by atoms with Crippen LogP contribution in [0.25, 0.3) is 0 Å². The van der Waals surface area contributed by atoms with Gasteiger partial charge in [-0.05, 0) is 26.7 Å². The number of carboxylic acid groups (broad SMARTS) is 1. The van der Waals surface area contributed by atoms with Gasteiger partial charge in [0.25, 0.3) is 0 Å². The standard InChI is InChI=1S/C13H23N5O3/c1-11(2)18(9-3-5-12(19)20)13(21)14-6-4-8-17-10-7-15-16-17/h7,10-11H,3-6,8-9H2,1-2H3,(H,14,21)(H,19,20). The summed E-state index contributed by atoms with van der Waals surface area (Å²) in [5.41, 5.74) is 0. The molecule has 8 heteroatoms. The number of amides is 2. The molecule has 0 saturated heterocycles. The van der Waals surface area contributed by atoms with E-state index in [1.807, 2.05) is 13.8 Å². The number of rotatable bonds is 9. The first-order valence-electron chi connectivity index (χ1n) is 7.11. The van der Waals surface area contributed by atoms with Crippen molar-refractivity contribution in [2.24, 2.45) is 0 Å². The summed E-state index contributed by atoms with van der Waals surface area (Å²) in [6.07, 6.45) is 4.68. The zero-order chi connectivity index (χ0) is 15.7. The lowest BCUT2D eigenvalue weighted by Gasteiger charge is -2.26. The highest BCUT2D eigenvalue weighted by molar-refractivity contribution is 5.74. The molecule has 8 nitrogen and oxygen atoms in total. The van der Waals surface area contributed by atoms with Gasteiger partial charge in [-0.3, -0.25) is 9.48 Å². The lowest BCUT2D eigenvalue weighted by atomic mass is 10.2. The third kappa shape index (κ3) is 6.73. The predicted octanol–water partition coefficient (Wildman–Crippen LogP) is 0.953. The molecular formula is C13H23N5O3. The number of hydrogen-bond donors (Lipinski definition) is 2. The minimum absolute atomic E-state index is 0.0362. The van der Waals surface area contributed by atoms with Gasteiger partial charge >= 0.3 is 12.0 Å². The van der Waals surface area contributed by atoms with Crippen LogP contribution in [0.4, 0.5) is 4.79 Å². The number of carbonyl (C=O) groups is 2. The number of carboxylic acids is 1. The Morgan fingerprint density at radius 2 is 2.14 bits per heavy atom. The molecule has 2 amide bonds. The van der Waals surface area contributed by atoms with Crippen LogP contribution in [0.1, 0.15) is 33.1 Å². The van der Waals surface area contributed by atoms with Crippen LogP contribution in [-0.4, -0.2) is 56.1 Å². The fourth-order valence-electron chi connectivity index (χ4n) is 1.88. The minimum Gasteiger partial charge on any atom is -0.481 e. The summed E-state index contributed by atoms with van der Waals surface area (Å²) in [4.78, 5) is 24.2. The molecule has 0 bridgehead atoms. The maximum absolute atomic E-state index is 12.1. The Morgan fingerprint density at radius 3 is 2.71 bits per heavy atom. The number of nitrogens with one attached hydrogen (secondary N) is 1. The van der Waals surface area contributed by atoms with E-state index in [4.69, 9.17) is 5.11 Å². The molecule has 0 aliphatic heterocycles. The molecule has 0 aliphatic carbocycles. The third-order valence-corrected chi connectivity index (χ3v) is 2.99. The number of aryl methyl sites for hydroxylation is 1. The van der Waals surface area contributed by atoms with E-state index in [9.17, 15) is 9.59 Å². The van der Waals surface area contributed by atoms with E-state index in [1.54, 1.807) is 22.0 Å². The fourth-order valence-corrected chi connectivity index (χ4v) is 1.88. The summed E-state index contributed by atoms with van der Waals surface area (Å²) in [6, 6.07) is -0.122. The van der Waals surface area contributed by atoms with Gasteiger partial charge in [-0.25, -0.2) is 4.79 Å². The Hall–Kier alpha value is -2.12. The summed E-state index contributed by atoms with van der Waals surface area (Å²) in [6.45, 7) is 5.51. The highest BCUT2D eigenvalue weighted by atomic mass is 16.4. The van der Waals surface area contributed by atoms with Gasteiger partial charge in [-0.2, -0.15) is 0 Å². The fraction of sp³-hybridized carbons (Fsp3) is 0.692. The largest absolute Gasteiger partial charge is 0.481 e. The molecule has 0 atom stereocenters. The van der Waals surface area contributed by atoms with Crippen molar-refractivity contribution in [2.45, 2.75) is 45.7 Å². The van der Waals surface area contributed by atoms with Crippen molar-refractivity contribution < 1.29 is 14.7 Å². The molecule has 0 unspecified atom stereocenters. The molecule has 1 aromatic rings. The monoisotopic (exact) mass is 297 g/mol. The highest BCUT2D eigenvalue weighted by Gasteiger charge is 2.16. The Bertz CT molecular complexity index is 433. The maximum Gasteiger partial charge on any atom is 0.317 e. The lowest BCUT2D eigenvalue weighted by molar-refractivity contribution is -0.137. The van der Waals surface area contributed by atoms with Crippen molar-refractivity contribution >= 4 is 12.0 Å². The first-order valence-corrected chi connectivity index (χ1v) is 7.11. The first kappa shape index (κ1) is 16.9.